The number of ether oxygens (including phenoxy) is 2. The molecule has 2 fully saturated rings. The zero-order chi connectivity index (χ0) is 28.0. The number of hydrogen-bond donors (Lipinski definition) is 0. The zero-order valence-corrected chi connectivity index (χ0v) is 23.1. The molecule has 0 spiro atoms. The van der Waals surface area contributed by atoms with E-state index in [1.54, 1.807) is 12.4 Å². The second-order valence-electron chi connectivity index (χ2n) is 10.6. The third-order valence-corrected chi connectivity index (χ3v) is 7.37. The van der Waals surface area contributed by atoms with Gasteiger partial charge in [0.05, 0.1) is 24.2 Å². The fourth-order valence-electron chi connectivity index (χ4n) is 5.08. The molecule has 6 rings (SSSR count). The molecule has 3 aromatic heterocycles. The molecule has 0 radical (unpaired) electrons. The number of rotatable bonds is 8. The Hall–Kier alpha value is -4.28. The molecule has 0 saturated carbocycles. The van der Waals surface area contributed by atoms with Crippen LogP contribution < -0.4 is 0 Å². The van der Waals surface area contributed by atoms with Crippen LogP contribution in [0.3, 0.4) is 0 Å². The van der Waals surface area contributed by atoms with Crippen LogP contribution in [0, 0.1) is 29.1 Å². The lowest BCUT2D eigenvalue weighted by Gasteiger charge is -2.34. The molecule has 1 unspecified atom stereocenters. The van der Waals surface area contributed by atoms with E-state index in [2.05, 4.69) is 37.9 Å². The van der Waals surface area contributed by atoms with Crippen molar-refractivity contribution in [1.82, 2.24) is 24.6 Å². The van der Waals surface area contributed by atoms with Gasteiger partial charge in [-0.25, -0.2) is 4.98 Å². The number of nitrogens with zero attached hydrogens (tertiary/aromatic N) is 6. The van der Waals surface area contributed by atoms with Crippen LogP contribution in [0.15, 0.2) is 65.6 Å². The second kappa shape index (κ2) is 12.5. The van der Waals surface area contributed by atoms with Gasteiger partial charge in [-0.05, 0) is 62.6 Å². The summed E-state index contributed by atoms with van der Waals surface area (Å²) in [5.41, 5.74) is 4.49. The van der Waals surface area contributed by atoms with Crippen molar-refractivity contribution in [1.29, 1.82) is 5.26 Å². The van der Waals surface area contributed by atoms with Crippen molar-refractivity contribution in [2.75, 3.05) is 19.7 Å². The lowest BCUT2D eigenvalue weighted by atomic mass is 10.0. The van der Waals surface area contributed by atoms with Gasteiger partial charge in [-0.3, -0.25) is 9.88 Å². The first kappa shape index (κ1) is 26.9. The first-order chi connectivity index (χ1) is 20.1. The minimum atomic E-state index is -0.189. The molecule has 0 amide bonds. The Kier molecular flexibility index (Phi) is 8.20. The summed E-state index contributed by atoms with van der Waals surface area (Å²) in [5.74, 6) is 8.07. The van der Waals surface area contributed by atoms with E-state index in [4.69, 9.17) is 19.3 Å². The van der Waals surface area contributed by atoms with Gasteiger partial charge in [-0.15, -0.1) is 0 Å². The molecule has 2 saturated heterocycles. The summed E-state index contributed by atoms with van der Waals surface area (Å²) in [6.07, 6.45) is 8.27. The Balaban J connectivity index is 1.04. The van der Waals surface area contributed by atoms with Gasteiger partial charge in [0, 0.05) is 67.6 Å². The standard InChI is InChI=1S/C32H32N6O3/c1-23(40-31-4-2-3-15-39-31)32-34-13-14-38(32)22-29-16-30(41-36-29)27-10-7-24(8-11-27)5-6-25-9-12-28(35-18-25)21-37-19-26(17-33)20-37/h7-14,16,18,23,26,31H,2-4,15,19-22H2,1H3/t23-,31?/m0/s1. The maximum absolute atomic E-state index is 8.92. The average Bonchev–Trinajstić information content (AvgIpc) is 3.65. The predicted molar refractivity (Wildman–Crippen MR) is 151 cm³/mol. The summed E-state index contributed by atoms with van der Waals surface area (Å²) in [7, 11) is 0. The van der Waals surface area contributed by atoms with Gasteiger partial charge < -0.3 is 18.6 Å². The molecule has 0 aliphatic carbocycles. The zero-order valence-electron chi connectivity index (χ0n) is 23.1. The molecule has 208 valence electrons. The first-order valence-electron chi connectivity index (χ1n) is 14.1. The van der Waals surface area contributed by atoms with Gasteiger partial charge in [-0.2, -0.15) is 5.26 Å². The summed E-state index contributed by atoms with van der Waals surface area (Å²) >= 11 is 0. The molecule has 9 nitrogen and oxygen atoms in total. The smallest absolute Gasteiger partial charge is 0.167 e. The number of pyridine rings is 1. The molecule has 0 bridgehead atoms. The minimum absolute atomic E-state index is 0.157. The van der Waals surface area contributed by atoms with Gasteiger partial charge >= 0.3 is 0 Å². The van der Waals surface area contributed by atoms with Crippen LogP contribution in [0.4, 0.5) is 0 Å². The lowest BCUT2D eigenvalue weighted by molar-refractivity contribution is -0.188. The summed E-state index contributed by atoms with van der Waals surface area (Å²) in [4.78, 5) is 11.3. The highest BCUT2D eigenvalue weighted by atomic mass is 16.7. The molecule has 2 aliphatic heterocycles. The summed E-state index contributed by atoms with van der Waals surface area (Å²) in [6, 6.07) is 16.2. The van der Waals surface area contributed by atoms with Crippen LogP contribution >= 0.6 is 0 Å². The monoisotopic (exact) mass is 548 g/mol. The highest BCUT2D eigenvalue weighted by Crippen LogP contribution is 2.25. The van der Waals surface area contributed by atoms with Crippen molar-refractivity contribution in [3.63, 3.8) is 0 Å². The van der Waals surface area contributed by atoms with Crippen LogP contribution in [0.25, 0.3) is 11.3 Å². The van der Waals surface area contributed by atoms with E-state index in [-0.39, 0.29) is 18.3 Å². The SMILES string of the molecule is C[C@H](OC1CCCCO1)c1nccn1Cc1cc(-c2ccc(C#Cc3ccc(CN4CC(C#N)C4)nc3)cc2)on1. The molecule has 1 aromatic carbocycles. The Morgan fingerprint density at radius 2 is 1.85 bits per heavy atom. The molecule has 5 heterocycles. The summed E-state index contributed by atoms with van der Waals surface area (Å²) in [6.45, 7) is 5.69. The van der Waals surface area contributed by atoms with Crippen molar-refractivity contribution in [2.24, 2.45) is 5.92 Å². The van der Waals surface area contributed by atoms with E-state index in [0.717, 1.165) is 79.4 Å². The van der Waals surface area contributed by atoms with Crippen LogP contribution in [0.5, 0.6) is 0 Å². The number of nitriles is 1. The van der Waals surface area contributed by atoms with Crippen LogP contribution in [-0.4, -0.2) is 50.6 Å². The van der Waals surface area contributed by atoms with E-state index in [9.17, 15) is 0 Å². The van der Waals surface area contributed by atoms with Gasteiger partial charge in [0.1, 0.15) is 17.6 Å². The van der Waals surface area contributed by atoms with Gasteiger partial charge in [0.2, 0.25) is 0 Å². The molecule has 2 aliphatic rings. The molecule has 2 atom stereocenters. The number of hydrogen-bond acceptors (Lipinski definition) is 8. The lowest BCUT2D eigenvalue weighted by Crippen LogP contribution is -2.45. The Labute approximate surface area is 239 Å². The fraction of sp³-hybridized carbons (Fsp3) is 0.375. The summed E-state index contributed by atoms with van der Waals surface area (Å²) < 4.78 is 19.5. The van der Waals surface area contributed by atoms with E-state index in [1.807, 2.05) is 60.2 Å². The highest BCUT2D eigenvalue weighted by molar-refractivity contribution is 5.59. The van der Waals surface area contributed by atoms with Crippen LogP contribution in [0.2, 0.25) is 0 Å². The van der Waals surface area contributed by atoms with E-state index in [1.165, 1.54) is 0 Å². The van der Waals surface area contributed by atoms with Crippen molar-refractivity contribution < 1.29 is 14.0 Å². The van der Waals surface area contributed by atoms with Crippen molar-refractivity contribution >= 4 is 0 Å². The maximum atomic E-state index is 8.92. The van der Waals surface area contributed by atoms with Crippen LogP contribution in [-0.2, 0) is 22.6 Å². The molecular weight excluding hydrogens is 516 g/mol. The van der Waals surface area contributed by atoms with E-state index in [0.29, 0.717) is 12.3 Å². The molecule has 41 heavy (non-hydrogen) atoms. The van der Waals surface area contributed by atoms with E-state index >= 15 is 0 Å². The third kappa shape index (κ3) is 6.72. The third-order valence-electron chi connectivity index (χ3n) is 7.37. The largest absolute Gasteiger partial charge is 0.356 e. The first-order valence-corrected chi connectivity index (χ1v) is 14.1. The highest BCUT2D eigenvalue weighted by Gasteiger charge is 2.26. The van der Waals surface area contributed by atoms with Gasteiger partial charge in [-0.1, -0.05) is 17.0 Å². The molecular formula is C32H32N6O3. The average molecular weight is 549 g/mol. The van der Waals surface area contributed by atoms with E-state index < -0.39 is 0 Å². The molecule has 9 heteroatoms. The van der Waals surface area contributed by atoms with Crippen molar-refractivity contribution in [3.8, 4) is 29.2 Å². The van der Waals surface area contributed by atoms with Gasteiger partial charge in [0.15, 0.2) is 12.1 Å². The number of likely N-dealkylation sites (tertiary alicyclic amines) is 1. The van der Waals surface area contributed by atoms with Gasteiger partial charge in [0.25, 0.3) is 0 Å². The molecule has 0 N–H and O–H groups in total. The van der Waals surface area contributed by atoms with Crippen LogP contribution in [0.1, 0.15) is 60.6 Å². The topological polar surface area (TPSA) is 102 Å². The maximum Gasteiger partial charge on any atom is 0.167 e. The number of aromatic nitrogens is 4. The fourth-order valence-corrected chi connectivity index (χ4v) is 5.08. The minimum Gasteiger partial charge on any atom is -0.356 e. The Morgan fingerprint density at radius 3 is 2.61 bits per heavy atom. The normalized spacial score (nSPS) is 18.2. The van der Waals surface area contributed by atoms with Crippen molar-refractivity contribution in [3.05, 3.63) is 89.4 Å². The second-order valence-corrected chi connectivity index (χ2v) is 10.6. The summed E-state index contributed by atoms with van der Waals surface area (Å²) in [5, 5.41) is 13.2. The quantitative estimate of drug-likeness (QED) is 0.285. The Bertz CT molecular complexity index is 1550. The predicted octanol–water partition coefficient (Wildman–Crippen LogP) is 4.94. The van der Waals surface area contributed by atoms with Crippen molar-refractivity contribution in [2.45, 2.75) is 51.7 Å². The number of imidazole rings is 1. The Morgan fingerprint density at radius 1 is 1.02 bits per heavy atom. The molecule has 4 aromatic rings. The number of benzene rings is 1.